The molecule has 1 heterocycles. The Hall–Kier alpha value is -3.25. The van der Waals surface area contributed by atoms with Gasteiger partial charge in [-0.3, -0.25) is 9.59 Å². The Morgan fingerprint density at radius 1 is 0.839 bits per heavy atom. The quantitative estimate of drug-likeness (QED) is 0.424. The van der Waals surface area contributed by atoms with Gasteiger partial charge in [-0.1, -0.05) is 82.7 Å². The third-order valence-electron chi connectivity index (χ3n) is 6.88. The number of carbonyl (C=O) groups is 3. The Labute approximate surface area is 186 Å². The molecule has 0 spiro atoms. The van der Waals surface area contributed by atoms with E-state index < -0.39 is 28.0 Å². The van der Waals surface area contributed by atoms with Crippen LogP contribution in [0, 0.1) is 11.8 Å². The van der Waals surface area contributed by atoms with Gasteiger partial charge in [0.25, 0.3) is 0 Å². The van der Waals surface area contributed by atoms with Gasteiger partial charge in [0.05, 0.1) is 27.8 Å². The molecule has 2 atom stereocenters. The van der Waals surface area contributed by atoms with Crippen molar-refractivity contribution in [1.29, 1.82) is 0 Å². The molecule has 1 aliphatic heterocycles. The summed E-state index contributed by atoms with van der Waals surface area (Å²) < 4.78 is -0.864. The number of carboxylic acids is 1. The lowest BCUT2D eigenvalue weighted by Gasteiger charge is -2.51. The zero-order chi connectivity index (χ0) is 21.5. The molecule has 152 valence electrons. The molecule has 31 heavy (non-hydrogen) atoms. The molecule has 3 aromatic rings. The minimum absolute atomic E-state index is 0.0653. The Balaban J connectivity index is 1.62. The van der Waals surface area contributed by atoms with E-state index in [1.54, 1.807) is 12.1 Å². The second kappa shape index (κ2) is 6.14. The molecule has 0 aromatic heterocycles. The maximum Gasteiger partial charge on any atom is 0.239 e. The number of rotatable bonds is 2. The zero-order valence-corrected chi connectivity index (χ0v) is 17.7. The Kier molecular flexibility index (Phi) is 3.67. The molecule has 2 bridgehead atoms. The number of benzene rings is 3. The smallest absolute Gasteiger partial charge is 0.239 e. The fraction of sp³-hybridized carbons (Fsp3) is 0.160. The first-order valence-electron chi connectivity index (χ1n) is 10.0. The monoisotopic (exact) mass is 472 g/mol. The highest BCUT2D eigenvalue weighted by molar-refractivity contribution is 9.09. The highest BCUT2D eigenvalue weighted by Gasteiger charge is 2.67. The van der Waals surface area contributed by atoms with E-state index in [2.05, 4.69) is 15.9 Å². The van der Waals surface area contributed by atoms with Crippen LogP contribution >= 0.6 is 15.9 Å². The molecule has 4 aliphatic rings. The van der Waals surface area contributed by atoms with Crippen molar-refractivity contribution in [3.05, 3.63) is 101 Å². The topological polar surface area (TPSA) is 77.5 Å². The van der Waals surface area contributed by atoms with Crippen molar-refractivity contribution in [2.75, 3.05) is 4.90 Å². The van der Waals surface area contributed by atoms with Gasteiger partial charge in [0.15, 0.2) is 0 Å². The van der Waals surface area contributed by atoms with Gasteiger partial charge in [0.1, 0.15) is 0 Å². The Morgan fingerprint density at radius 2 is 1.39 bits per heavy atom. The average Bonchev–Trinajstić information content (AvgIpc) is 3.05. The van der Waals surface area contributed by atoms with Gasteiger partial charge < -0.3 is 9.90 Å². The molecule has 2 amide bonds. The van der Waals surface area contributed by atoms with Crippen LogP contribution in [0.4, 0.5) is 5.69 Å². The molecule has 6 heteroatoms. The van der Waals surface area contributed by atoms with E-state index in [-0.39, 0.29) is 23.1 Å². The van der Waals surface area contributed by atoms with Gasteiger partial charge in [0.2, 0.25) is 11.8 Å². The Bertz CT molecular complexity index is 1270. The van der Waals surface area contributed by atoms with Gasteiger partial charge >= 0.3 is 0 Å². The summed E-state index contributed by atoms with van der Waals surface area (Å²) in [7, 11) is 0. The number of hydrogen-bond acceptors (Lipinski definition) is 4. The van der Waals surface area contributed by atoms with E-state index in [9.17, 15) is 19.5 Å². The lowest BCUT2D eigenvalue weighted by Crippen LogP contribution is -2.50. The van der Waals surface area contributed by atoms with E-state index >= 15 is 0 Å². The molecule has 3 aliphatic carbocycles. The minimum atomic E-state index is -1.42. The summed E-state index contributed by atoms with van der Waals surface area (Å²) in [5.41, 5.74) is 3.91. The Morgan fingerprint density at radius 3 is 2.00 bits per heavy atom. The van der Waals surface area contributed by atoms with Gasteiger partial charge in [-0.2, -0.15) is 0 Å². The number of nitrogens with zero attached hydrogens (tertiary/aromatic N) is 1. The number of carbonyl (C=O) groups excluding carboxylic acids is 3. The highest BCUT2D eigenvalue weighted by Crippen LogP contribution is 2.66. The average molecular weight is 473 g/mol. The number of carboxylic acid groups (broad SMARTS) is 1. The van der Waals surface area contributed by atoms with E-state index in [4.69, 9.17) is 0 Å². The van der Waals surface area contributed by atoms with Crippen molar-refractivity contribution in [3.63, 3.8) is 0 Å². The number of alkyl halides is 1. The van der Waals surface area contributed by atoms with Crippen LogP contribution in [0.5, 0.6) is 0 Å². The molecular weight excluding hydrogens is 458 g/mol. The maximum atomic E-state index is 13.8. The first-order chi connectivity index (χ1) is 15.0. The summed E-state index contributed by atoms with van der Waals surface area (Å²) in [5, 5.41) is 11.7. The van der Waals surface area contributed by atoms with E-state index in [0.29, 0.717) is 0 Å². The molecule has 5 nitrogen and oxygen atoms in total. The van der Waals surface area contributed by atoms with Gasteiger partial charge in [-0.05, 0) is 28.3 Å². The fourth-order valence-corrected chi connectivity index (χ4v) is 6.96. The van der Waals surface area contributed by atoms with Crippen LogP contribution < -0.4 is 10.0 Å². The number of imide groups is 1. The number of aromatic carboxylic acids is 1. The lowest BCUT2D eigenvalue weighted by molar-refractivity contribution is -0.254. The van der Waals surface area contributed by atoms with Crippen LogP contribution in [0.1, 0.15) is 38.5 Å². The predicted molar refractivity (Wildman–Crippen MR) is 115 cm³/mol. The van der Waals surface area contributed by atoms with Crippen LogP contribution in [-0.2, 0) is 13.9 Å². The maximum absolute atomic E-state index is 13.8. The van der Waals surface area contributed by atoms with Gasteiger partial charge in [-0.15, -0.1) is 0 Å². The van der Waals surface area contributed by atoms with Crippen molar-refractivity contribution in [1.82, 2.24) is 0 Å². The second-order valence-electron chi connectivity index (χ2n) is 8.18. The molecular formula is C25H15BrNO4-. The SMILES string of the molecule is O=C([O-])c1ccccc1N1C(=O)[C@@H]2C3c4ccccc4C(Br)(c4ccccc43)[C@H]2C1=O. The summed E-state index contributed by atoms with van der Waals surface area (Å²) in [6.45, 7) is 0. The van der Waals surface area contributed by atoms with Crippen LogP contribution in [0.3, 0.4) is 0 Å². The number of anilines is 1. The molecule has 7 rings (SSSR count). The molecule has 0 saturated carbocycles. The van der Waals surface area contributed by atoms with Crippen LogP contribution in [-0.4, -0.2) is 17.8 Å². The minimum Gasteiger partial charge on any atom is -0.545 e. The van der Waals surface area contributed by atoms with Crippen molar-refractivity contribution in [2.24, 2.45) is 11.8 Å². The summed E-state index contributed by atoms with van der Waals surface area (Å²) in [4.78, 5) is 40.3. The van der Waals surface area contributed by atoms with Crippen molar-refractivity contribution >= 4 is 39.4 Å². The summed E-state index contributed by atoms with van der Waals surface area (Å²) in [6.07, 6.45) is 0. The zero-order valence-electron chi connectivity index (χ0n) is 16.1. The second-order valence-corrected chi connectivity index (χ2v) is 9.43. The standard InChI is InChI=1S/C25H16BrNO4/c26-25-16-10-4-1-7-13(16)19(14-8-2-5-11-17(14)25)20-21(25)23(29)27(22(20)28)18-12-6-3-9-15(18)24(30)31/h1-12,19-21H,(H,30,31)/p-1/t19?,20-,21-,25?/m1/s1. The summed E-state index contributed by atoms with van der Waals surface area (Å²) >= 11 is 3.92. The van der Waals surface area contributed by atoms with E-state index in [1.807, 2.05) is 48.5 Å². The number of halogens is 1. The largest absolute Gasteiger partial charge is 0.545 e. The highest BCUT2D eigenvalue weighted by atomic mass is 79.9. The third-order valence-corrected chi connectivity index (χ3v) is 8.23. The fourth-order valence-electron chi connectivity index (χ4n) is 5.76. The lowest BCUT2D eigenvalue weighted by atomic mass is 9.55. The van der Waals surface area contributed by atoms with Gasteiger partial charge in [0, 0.05) is 11.5 Å². The first kappa shape index (κ1) is 18.5. The summed E-state index contributed by atoms with van der Waals surface area (Å²) in [6, 6.07) is 21.8. The molecule has 0 unspecified atom stereocenters. The predicted octanol–water partition coefficient (Wildman–Crippen LogP) is 2.95. The van der Waals surface area contributed by atoms with Crippen molar-refractivity contribution in [2.45, 2.75) is 10.2 Å². The number of amides is 2. The van der Waals surface area contributed by atoms with E-state index in [0.717, 1.165) is 27.2 Å². The molecule has 1 fully saturated rings. The third kappa shape index (κ3) is 2.13. The van der Waals surface area contributed by atoms with E-state index in [1.165, 1.54) is 12.1 Å². The molecule has 3 aromatic carbocycles. The molecule has 0 radical (unpaired) electrons. The number of hydrogen-bond donors (Lipinski definition) is 0. The van der Waals surface area contributed by atoms with Crippen LogP contribution in [0.15, 0.2) is 72.8 Å². The molecule has 1 saturated heterocycles. The van der Waals surface area contributed by atoms with Crippen molar-refractivity contribution in [3.8, 4) is 0 Å². The van der Waals surface area contributed by atoms with Crippen LogP contribution in [0.25, 0.3) is 0 Å². The first-order valence-corrected chi connectivity index (χ1v) is 10.8. The number of para-hydroxylation sites is 1. The molecule has 0 N–H and O–H groups in total. The normalized spacial score (nSPS) is 27.6. The summed E-state index contributed by atoms with van der Waals surface area (Å²) in [5.74, 6) is -3.75. The van der Waals surface area contributed by atoms with Gasteiger partial charge in [-0.25, -0.2) is 4.90 Å². The van der Waals surface area contributed by atoms with Crippen LogP contribution in [0.2, 0.25) is 0 Å². The van der Waals surface area contributed by atoms with Crippen molar-refractivity contribution < 1.29 is 19.5 Å².